The number of benzene rings is 1. The van der Waals surface area contributed by atoms with Gasteiger partial charge in [-0.3, -0.25) is 13.9 Å². The molecule has 0 saturated heterocycles. The Labute approximate surface area is 146 Å². The van der Waals surface area contributed by atoms with Crippen molar-refractivity contribution in [3.8, 4) is 11.1 Å². The highest BCUT2D eigenvalue weighted by molar-refractivity contribution is 6.33. The first-order chi connectivity index (χ1) is 11.8. The van der Waals surface area contributed by atoms with E-state index >= 15 is 0 Å². The molecule has 7 nitrogen and oxygen atoms in total. The zero-order valence-corrected chi connectivity index (χ0v) is 14.3. The van der Waals surface area contributed by atoms with E-state index in [1.54, 1.807) is 0 Å². The van der Waals surface area contributed by atoms with E-state index in [4.69, 9.17) is 23.1 Å². The van der Waals surface area contributed by atoms with Gasteiger partial charge in [0, 0.05) is 42.4 Å². The third kappa shape index (κ3) is 2.50. The standard InChI is InChI=1S/C16H15ClFN5O2/c1-22-14-12(15(24)23(2)16(22)25)11(9(6-19)13(20)21-14)8-5-7(18)3-4-10(8)17/h3-5H,6,19H2,1-2H3,(H2,20,21). The van der Waals surface area contributed by atoms with Crippen LogP contribution < -0.4 is 22.7 Å². The molecular formula is C16H15ClFN5O2. The predicted molar refractivity (Wildman–Crippen MR) is 94.9 cm³/mol. The number of hydrogen-bond acceptors (Lipinski definition) is 5. The van der Waals surface area contributed by atoms with Crippen LogP contribution >= 0.6 is 11.6 Å². The third-order valence-corrected chi connectivity index (χ3v) is 4.45. The van der Waals surface area contributed by atoms with Crippen molar-refractivity contribution < 1.29 is 4.39 Å². The van der Waals surface area contributed by atoms with Crippen molar-refractivity contribution in [1.82, 2.24) is 14.1 Å². The molecule has 0 bridgehead atoms. The topological polar surface area (TPSA) is 109 Å². The molecule has 0 aliphatic carbocycles. The Kier molecular flexibility index (Phi) is 4.09. The molecule has 2 heterocycles. The van der Waals surface area contributed by atoms with Gasteiger partial charge in [-0.15, -0.1) is 0 Å². The first-order valence-electron chi connectivity index (χ1n) is 7.31. The monoisotopic (exact) mass is 363 g/mol. The Bertz CT molecular complexity index is 1140. The Balaban J connectivity index is 2.68. The van der Waals surface area contributed by atoms with Gasteiger partial charge in [0.25, 0.3) is 5.56 Å². The van der Waals surface area contributed by atoms with Gasteiger partial charge in [-0.2, -0.15) is 0 Å². The SMILES string of the molecule is Cn1c(=O)c2c(-c3cc(F)ccc3Cl)c(CN)c(N)nc2n(C)c1=O. The van der Waals surface area contributed by atoms with E-state index in [1.807, 2.05) is 0 Å². The summed E-state index contributed by atoms with van der Waals surface area (Å²) in [5.41, 5.74) is 11.6. The number of fused-ring (bicyclic) bond motifs is 1. The molecule has 0 radical (unpaired) electrons. The lowest BCUT2D eigenvalue weighted by Gasteiger charge is -2.17. The highest BCUT2D eigenvalue weighted by Crippen LogP contribution is 2.36. The molecular weight excluding hydrogens is 349 g/mol. The average molecular weight is 364 g/mol. The van der Waals surface area contributed by atoms with Crippen LogP contribution in [0.2, 0.25) is 5.02 Å². The van der Waals surface area contributed by atoms with Gasteiger partial charge >= 0.3 is 5.69 Å². The molecule has 25 heavy (non-hydrogen) atoms. The maximum Gasteiger partial charge on any atom is 0.332 e. The lowest BCUT2D eigenvalue weighted by Crippen LogP contribution is -2.38. The molecule has 2 aromatic heterocycles. The number of hydrogen-bond donors (Lipinski definition) is 2. The van der Waals surface area contributed by atoms with Crippen molar-refractivity contribution in [2.24, 2.45) is 19.8 Å². The van der Waals surface area contributed by atoms with Gasteiger partial charge in [0.05, 0.1) is 5.39 Å². The minimum Gasteiger partial charge on any atom is -0.383 e. The van der Waals surface area contributed by atoms with E-state index in [0.717, 1.165) is 4.57 Å². The Morgan fingerprint density at radius 3 is 2.56 bits per heavy atom. The highest BCUT2D eigenvalue weighted by Gasteiger charge is 2.22. The van der Waals surface area contributed by atoms with Crippen LogP contribution in [0.3, 0.4) is 0 Å². The number of nitrogens with zero attached hydrogens (tertiary/aromatic N) is 3. The van der Waals surface area contributed by atoms with Gasteiger partial charge in [-0.05, 0) is 18.2 Å². The zero-order valence-electron chi connectivity index (χ0n) is 13.5. The van der Waals surface area contributed by atoms with E-state index in [1.165, 1.54) is 36.9 Å². The molecule has 0 saturated carbocycles. The fourth-order valence-electron chi connectivity index (χ4n) is 2.84. The first kappa shape index (κ1) is 17.1. The van der Waals surface area contributed by atoms with E-state index in [9.17, 15) is 14.0 Å². The van der Waals surface area contributed by atoms with Gasteiger partial charge in [-0.1, -0.05) is 11.6 Å². The normalized spacial score (nSPS) is 11.2. The van der Waals surface area contributed by atoms with Crippen molar-refractivity contribution in [2.45, 2.75) is 6.54 Å². The molecule has 3 rings (SSSR count). The Morgan fingerprint density at radius 2 is 1.92 bits per heavy atom. The minimum absolute atomic E-state index is 0.0387. The molecule has 0 amide bonds. The van der Waals surface area contributed by atoms with Crippen LogP contribution in [0.4, 0.5) is 10.2 Å². The van der Waals surface area contributed by atoms with Crippen LogP contribution in [0.25, 0.3) is 22.2 Å². The summed E-state index contributed by atoms with van der Waals surface area (Å²) in [6, 6.07) is 3.77. The smallest absolute Gasteiger partial charge is 0.332 e. The summed E-state index contributed by atoms with van der Waals surface area (Å²) in [4.78, 5) is 29.1. The van der Waals surface area contributed by atoms with E-state index in [2.05, 4.69) is 4.98 Å². The number of pyridine rings is 1. The summed E-state index contributed by atoms with van der Waals surface area (Å²) in [7, 11) is 2.81. The van der Waals surface area contributed by atoms with Gasteiger partial charge in [-0.25, -0.2) is 14.2 Å². The number of aryl methyl sites for hydroxylation is 1. The van der Waals surface area contributed by atoms with Crippen molar-refractivity contribution in [1.29, 1.82) is 0 Å². The second-order valence-electron chi connectivity index (χ2n) is 5.58. The Hall–Kier alpha value is -2.71. The molecule has 9 heteroatoms. The van der Waals surface area contributed by atoms with E-state index in [0.29, 0.717) is 5.56 Å². The minimum atomic E-state index is -0.587. The third-order valence-electron chi connectivity index (χ3n) is 4.12. The summed E-state index contributed by atoms with van der Waals surface area (Å²) in [6.07, 6.45) is 0. The second kappa shape index (κ2) is 5.98. The van der Waals surface area contributed by atoms with E-state index < -0.39 is 17.1 Å². The van der Waals surface area contributed by atoms with Crippen LogP contribution in [-0.4, -0.2) is 14.1 Å². The largest absolute Gasteiger partial charge is 0.383 e. The van der Waals surface area contributed by atoms with Crippen molar-refractivity contribution in [3.05, 3.63) is 55.4 Å². The van der Waals surface area contributed by atoms with Gasteiger partial charge in [0.2, 0.25) is 0 Å². The molecule has 0 aliphatic heterocycles. The predicted octanol–water partition coefficient (Wildman–Crippen LogP) is 1.13. The van der Waals surface area contributed by atoms with Gasteiger partial charge in [0.1, 0.15) is 11.6 Å². The van der Waals surface area contributed by atoms with Crippen molar-refractivity contribution >= 4 is 28.5 Å². The molecule has 1 aromatic carbocycles. The number of halogens is 2. The van der Waals surface area contributed by atoms with E-state index in [-0.39, 0.29) is 39.5 Å². The summed E-state index contributed by atoms with van der Waals surface area (Å²) >= 11 is 6.23. The quantitative estimate of drug-likeness (QED) is 0.709. The molecule has 130 valence electrons. The van der Waals surface area contributed by atoms with Crippen LogP contribution in [0.1, 0.15) is 5.56 Å². The number of nitrogen functional groups attached to an aromatic ring is 1. The fourth-order valence-corrected chi connectivity index (χ4v) is 3.05. The lowest BCUT2D eigenvalue weighted by molar-refractivity contribution is 0.628. The molecule has 3 aromatic rings. The van der Waals surface area contributed by atoms with Crippen molar-refractivity contribution in [3.63, 3.8) is 0 Å². The van der Waals surface area contributed by atoms with Crippen molar-refractivity contribution in [2.75, 3.05) is 5.73 Å². The fraction of sp³-hybridized carbons (Fsp3) is 0.188. The zero-order chi connectivity index (χ0) is 18.5. The van der Waals surface area contributed by atoms with Crippen LogP contribution in [0.5, 0.6) is 0 Å². The Morgan fingerprint density at radius 1 is 1.24 bits per heavy atom. The maximum atomic E-state index is 13.8. The molecule has 0 spiro atoms. The number of rotatable bonds is 2. The lowest BCUT2D eigenvalue weighted by atomic mass is 9.97. The number of aromatic nitrogens is 3. The van der Waals surface area contributed by atoms with Gasteiger partial charge < -0.3 is 11.5 Å². The number of anilines is 1. The average Bonchev–Trinajstić information content (AvgIpc) is 2.59. The maximum absolute atomic E-state index is 13.8. The molecule has 0 unspecified atom stereocenters. The molecule has 4 N–H and O–H groups in total. The molecule has 0 aliphatic rings. The van der Waals surface area contributed by atoms with Gasteiger partial charge in [0.15, 0.2) is 5.65 Å². The second-order valence-corrected chi connectivity index (χ2v) is 5.99. The van der Waals surface area contributed by atoms with Crippen LogP contribution in [-0.2, 0) is 20.6 Å². The highest BCUT2D eigenvalue weighted by atomic mass is 35.5. The summed E-state index contributed by atoms with van der Waals surface area (Å²) in [5.74, 6) is -0.485. The summed E-state index contributed by atoms with van der Waals surface area (Å²) < 4.78 is 16.0. The van der Waals surface area contributed by atoms with Crippen LogP contribution in [0, 0.1) is 5.82 Å². The summed E-state index contributed by atoms with van der Waals surface area (Å²) in [6.45, 7) is -0.0387. The molecule has 0 fully saturated rings. The number of nitrogens with two attached hydrogens (primary N) is 2. The first-order valence-corrected chi connectivity index (χ1v) is 7.69. The van der Waals surface area contributed by atoms with Crippen LogP contribution in [0.15, 0.2) is 27.8 Å². The summed E-state index contributed by atoms with van der Waals surface area (Å²) in [5, 5.41) is 0.325. The molecule has 0 atom stereocenters.